The summed E-state index contributed by atoms with van der Waals surface area (Å²) in [4.78, 5) is 11.6. The number of ether oxygens (including phenoxy) is 1. The van der Waals surface area contributed by atoms with E-state index >= 15 is 0 Å². The third kappa shape index (κ3) is 4.18. The molecular weight excluding hydrogens is 271 g/mol. The van der Waals surface area contributed by atoms with Crippen LogP contribution in [0.1, 0.15) is 12.8 Å². The summed E-state index contributed by atoms with van der Waals surface area (Å²) >= 11 is 5.30. The molecule has 0 aromatic heterocycles. The lowest BCUT2D eigenvalue weighted by atomic mass is 10.3. The summed E-state index contributed by atoms with van der Waals surface area (Å²) in [5, 5.41) is 0. The summed E-state index contributed by atoms with van der Waals surface area (Å²) in [5.74, 6) is 0.243. The zero-order valence-corrected chi connectivity index (χ0v) is 11.6. The van der Waals surface area contributed by atoms with Crippen LogP contribution >= 0.6 is 6.49 Å². The molecule has 0 spiro atoms. The van der Waals surface area contributed by atoms with Crippen LogP contribution in [0.15, 0.2) is 30.3 Å². The van der Waals surface area contributed by atoms with Gasteiger partial charge in [0.1, 0.15) is 5.75 Å². The smallest absolute Gasteiger partial charge is 0.311 e. The summed E-state index contributed by atoms with van der Waals surface area (Å²) in [5.41, 5.74) is 0. The van der Waals surface area contributed by atoms with Gasteiger partial charge in [-0.15, -0.1) is 0 Å². The number of hydrogen-bond acceptors (Lipinski definition) is 5. The Bertz CT molecular complexity index is 439. The third-order valence-electron chi connectivity index (χ3n) is 2.43. The molecule has 98 valence electrons. The maximum Gasteiger partial charge on any atom is 0.311 e. The van der Waals surface area contributed by atoms with Gasteiger partial charge in [-0.3, -0.25) is 4.79 Å². The molecule has 1 saturated heterocycles. The van der Waals surface area contributed by atoms with Gasteiger partial charge < -0.3 is 13.8 Å². The van der Waals surface area contributed by atoms with Crippen molar-refractivity contribution < 1.29 is 18.6 Å². The lowest BCUT2D eigenvalue weighted by Gasteiger charge is -2.26. The molecule has 18 heavy (non-hydrogen) atoms. The van der Waals surface area contributed by atoms with E-state index in [2.05, 4.69) is 0 Å². The van der Waals surface area contributed by atoms with Gasteiger partial charge >= 0.3 is 5.97 Å². The topological polar surface area (TPSA) is 44.8 Å². The largest absolute Gasteiger partial charge is 0.427 e. The van der Waals surface area contributed by atoms with Gasteiger partial charge in [0.2, 0.25) is 0 Å². The molecular formula is C12H15O4PS. The highest BCUT2D eigenvalue weighted by Gasteiger charge is 2.24. The van der Waals surface area contributed by atoms with Crippen LogP contribution in [0.25, 0.3) is 0 Å². The SMILES string of the molecule is O=C(CCP1(=S)OCCCO1)Oc1ccccc1. The highest BCUT2D eigenvalue weighted by molar-refractivity contribution is 8.09. The number of carbonyl (C=O) groups is 1. The number of esters is 1. The van der Waals surface area contributed by atoms with E-state index in [-0.39, 0.29) is 12.4 Å². The number of hydrogen-bond donors (Lipinski definition) is 0. The summed E-state index contributed by atoms with van der Waals surface area (Å²) in [6.45, 7) is -0.980. The molecule has 1 aliphatic heterocycles. The molecule has 4 nitrogen and oxygen atoms in total. The van der Waals surface area contributed by atoms with Crippen LogP contribution < -0.4 is 4.74 Å². The molecule has 1 aliphatic rings. The van der Waals surface area contributed by atoms with Crippen LogP contribution in [0.5, 0.6) is 5.75 Å². The van der Waals surface area contributed by atoms with Crippen LogP contribution in [0.3, 0.4) is 0 Å². The summed E-state index contributed by atoms with van der Waals surface area (Å²) in [6.07, 6.45) is 1.53. The van der Waals surface area contributed by atoms with E-state index in [1.54, 1.807) is 12.1 Å². The van der Waals surface area contributed by atoms with Crippen molar-refractivity contribution in [2.75, 3.05) is 19.4 Å². The van der Waals surface area contributed by atoms with Gasteiger partial charge in [0, 0.05) is 6.16 Å². The predicted molar refractivity (Wildman–Crippen MR) is 72.4 cm³/mol. The first-order chi connectivity index (χ1) is 8.68. The number of rotatable bonds is 4. The van der Waals surface area contributed by atoms with E-state index in [0.717, 1.165) is 6.42 Å². The number of carbonyl (C=O) groups excluding carboxylic acids is 1. The standard InChI is InChI=1S/C12H15O4PS/c13-12(16-11-5-2-1-3-6-11)7-10-17(18)14-8-4-9-15-17/h1-3,5-6H,4,7-10H2. The zero-order valence-electron chi connectivity index (χ0n) is 9.91. The Morgan fingerprint density at radius 3 is 2.61 bits per heavy atom. The van der Waals surface area contributed by atoms with Gasteiger partial charge in [-0.25, -0.2) is 0 Å². The van der Waals surface area contributed by atoms with Crippen molar-refractivity contribution in [1.82, 2.24) is 0 Å². The van der Waals surface area contributed by atoms with Crippen molar-refractivity contribution in [3.8, 4) is 5.75 Å². The molecule has 0 unspecified atom stereocenters. The van der Waals surface area contributed by atoms with Crippen molar-refractivity contribution >= 4 is 24.3 Å². The quantitative estimate of drug-likeness (QED) is 0.484. The Morgan fingerprint density at radius 1 is 1.28 bits per heavy atom. The Balaban J connectivity index is 1.80. The predicted octanol–water partition coefficient (Wildman–Crippen LogP) is 2.73. The Morgan fingerprint density at radius 2 is 1.94 bits per heavy atom. The molecule has 0 radical (unpaired) electrons. The average Bonchev–Trinajstić information content (AvgIpc) is 2.39. The summed E-state index contributed by atoms with van der Waals surface area (Å²) in [6, 6.07) is 8.98. The molecule has 0 aliphatic carbocycles. The lowest BCUT2D eigenvalue weighted by molar-refractivity contribution is -0.134. The molecule has 2 rings (SSSR count). The van der Waals surface area contributed by atoms with Crippen LogP contribution in [0.2, 0.25) is 0 Å². The van der Waals surface area contributed by atoms with Crippen molar-refractivity contribution in [2.24, 2.45) is 0 Å². The van der Waals surface area contributed by atoms with E-state index in [1.807, 2.05) is 18.2 Å². The molecule has 1 heterocycles. The van der Waals surface area contributed by atoms with Gasteiger partial charge in [0.05, 0.1) is 19.6 Å². The normalized spacial score (nSPS) is 18.2. The number of para-hydroxylation sites is 1. The summed E-state index contributed by atoms with van der Waals surface area (Å²) < 4.78 is 16.1. The molecule has 6 heteroatoms. The van der Waals surface area contributed by atoms with E-state index in [1.165, 1.54) is 0 Å². The van der Waals surface area contributed by atoms with E-state index in [0.29, 0.717) is 25.1 Å². The second-order valence-electron chi connectivity index (χ2n) is 3.89. The Hall–Kier alpha value is -0.740. The van der Waals surface area contributed by atoms with E-state index in [4.69, 9.17) is 25.6 Å². The van der Waals surface area contributed by atoms with Crippen molar-refractivity contribution in [3.63, 3.8) is 0 Å². The minimum absolute atomic E-state index is 0.228. The first-order valence-electron chi connectivity index (χ1n) is 5.82. The third-order valence-corrected chi connectivity index (χ3v) is 5.53. The zero-order chi connectivity index (χ0) is 12.8. The van der Waals surface area contributed by atoms with E-state index < -0.39 is 6.49 Å². The van der Waals surface area contributed by atoms with Gasteiger partial charge in [0.15, 0.2) is 6.49 Å². The molecule has 1 aromatic carbocycles. The molecule has 1 fully saturated rings. The fourth-order valence-electron chi connectivity index (χ4n) is 1.53. The van der Waals surface area contributed by atoms with Crippen LogP contribution in [0.4, 0.5) is 0 Å². The number of benzene rings is 1. The highest BCUT2D eigenvalue weighted by Crippen LogP contribution is 2.51. The Labute approximate surface area is 111 Å². The lowest BCUT2D eigenvalue weighted by Crippen LogP contribution is -2.14. The fraction of sp³-hybridized carbons (Fsp3) is 0.417. The first kappa shape index (κ1) is 13.7. The molecule has 1 aromatic rings. The van der Waals surface area contributed by atoms with Gasteiger partial charge in [-0.1, -0.05) is 18.2 Å². The molecule has 0 atom stereocenters. The van der Waals surface area contributed by atoms with Crippen LogP contribution in [0, 0.1) is 0 Å². The van der Waals surface area contributed by atoms with Crippen molar-refractivity contribution in [2.45, 2.75) is 12.8 Å². The molecule has 0 amide bonds. The van der Waals surface area contributed by atoms with Gasteiger partial charge in [-0.2, -0.15) is 0 Å². The maximum absolute atomic E-state index is 11.6. The molecule has 0 N–H and O–H groups in total. The first-order valence-corrected chi connectivity index (χ1v) is 8.64. The van der Waals surface area contributed by atoms with Crippen molar-refractivity contribution in [1.29, 1.82) is 0 Å². The second-order valence-corrected chi connectivity index (χ2v) is 7.75. The van der Waals surface area contributed by atoms with Gasteiger partial charge in [0.25, 0.3) is 0 Å². The van der Waals surface area contributed by atoms with Crippen LogP contribution in [-0.2, 0) is 25.6 Å². The van der Waals surface area contributed by atoms with Gasteiger partial charge in [-0.05, 0) is 30.4 Å². The van der Waals surface area contributed by atoms with E-state index in [9.17, 15) is 4.79 Å². The summed E-state index contributed by atoms with van der Waals surface area (Å²) in [7, 11) is 0. The minimum Gasteiger partial charge on any atom is -0.427 e. The van der Waals surface area contributed by atoms with Crippen LogP contribution in [-0.4, -0.2) is 25.3 Å². The Kier molecular flexibility index (Phi) is 4.89. The molecule has 0 bridgehead atoms. The molecule has 0 saturated carbocycles. The van der Waals surface area contributed by atoms with Crippen molar-refractivity contribution in [3.05, 3.63) is 30.3 Å². The average molecular weight is 286 g/mol. The second kappa shape index (κ2) is 6.43. The fourth-order valence-corrected chi connectivity index (χ4v) is 3.86. The maximum atomic E-state index is 11.6. The minimum atomic E-state index is -2.24. The monoisotopic (exact) mass is 286 g/mol. The highest BCUT2D eigenvalue weighted by atomic mass is 32.5.